The Morgan fingerprint density at radius 3 is 2.41 bits per heavy atom. The smallest absolute Gasteiger partial charge is 0.319 e. The van der Waals surface area contributed by atoms with Crippen molar-refractivity contribution in [2.24, 2.45) is 5.41 Å². The highest BCUT2D eigenvalue weighted by atomic mass is 16.5. The molecule has 2 saturated heterocycles. The van der Waals surface area contributed by atoms with Crippen molar-refractivity contribution in [2.75, 3.05) is 58.3 Å². The number of carbonyl (C=O) groups excluding carboxylic acids is 1. The first-order valence-corrected chi connectivity index (χ1v) is 16.2. The number of hydrogen-bond acceptors (Lipinski definition) is 7. The molecular formula is C35H49N5O4. The number of likely N-dealkylation sites (tertiary alicyclic amines) is 2. The number of urea groups is 1. The number of hydrogen-bond donors (Lipinski definition) is 2. The molecule has 0 unspecified atom stereocenters. The number of carbonyl (C=O) groups is 1. The zero-order valence-corrected chi connectivity index (χ0v) is 26.9. The van der Waals surface area contributed by atoms with Gasteiger partial charge in [0.1, 0.15) is 18.1 Å². The molecule has 0 bridgehead atoms. The number of amides is 2. The third kappa shape index (κ3) is 8.99. The Labute approximate surface area is 262 Å². The van der Waals surface area contributed by atoms with E-state index < -0.39 is 0 Å². The van der Waals surface area contributed by atoms with E-state index in [0.717, 1.165) is 43.0 Å². The number of ether oxygens (including phenoxy) is 3. The Bertz CT molecular complexity index is 1360. The molecule has 2 amide bonds. The second kappa shape index (κ2) is 14.9. The standard InChI is InChI=1S/C35H49N5O4/c1-35(2,3)15-17-37-34(41)38-26-8-10-28(11-9-26)44-31-12-16-36-30-25-33(32(42-4)24-29(30)31)43-23-22-39-20-13-27(14-21-39)40-18-6-5-7-19-40/h8-12,16,24-25,27H,5-7,13-15,17-23H2,1-4H3,(H2,37,38,41). The van der Waals surface area contributed by atoms with Crippen LogP contribution in [0.3, 0.4) is 0 Å². The molecular weight excluding hydrogens is 554 g/mol. The van der Waals surface area contributed by atoms with E-state index in [1.165, 1.54) is 45.2 Å². The van der Waals surface area contributed by atoms with Gasteiger partial charge in [0, 0.05) is 42.5 Å². The lowest BCUT2D eigenvalue weighted by Crippen LogP contribution is -2.47. The lowest BCUT2D eigenvalue weighted by molar-refractivity contribution is 0.0855. The van der Waals surface area contributed by atoms with Crippen LogP contribution in [-0.4, -0.2) is 79.8 Å². The number of fused-ring (bicyclic) bond motifs is 1. The first-order chi connectivity index (χ1) is 21.3. The molecule has 0 atom stereocenters. The van der Waals surface area contributed by atoms with Crippen molar-refractivity contribution >= 4 is 22.6 Å². The molecule has 2 aromatic carbocycles. The first-order valence-electron chi connectivity index (χ1n) is 16.2. The fourth-order valence-corrected chi connectivity index (χ4v) is 6.03. The summed E-state index contributed by atoms with van der Waals surface area (Å²) in [4.78, 5) is 22.0. The van der Waals surface area contributed by atoms with E-state index in [1.54, 1.807) is 13.3 Å². The SMILES string of the molecule is COc1cc2c(Oc3ccc(NC(=O)NCCC(C)(C)C)cc3)ccnc2cc1OCCN1CCC(N2CCCCC2)CC1. The third-order valence-electron chi connectivity index (χ3n) is 8.62. The molecule has 9 nitrogen and oxygen atoms in total. The van der Waals surface area contributed by atoms with E-state index >= 15 is 0 Å². The summed E-state index contributed by atoms with van der Waals surface area (Å²) in [7, 11) is 1.65. The minimum atomic E-state index is -0.217. The normalized spacial score (nSPS) is 16.9. The van der Waals surface area contributed by atoms with Gasteiger partial charge in [-0.05, 0) is 100 Å². The van der Waals surface area contributed by atoms with Crippen LogP contribution in [0.15, 0.2) is 48.7 Å². The summed E-state index contributed by atoms with van der Waals surface area (Å²) in [5.41, 5.74) is 1.64. The van der Waals surface area contributed by atoms with Crippen LogP contribution in [0.2, 0.25) is 0 Å². The van der Waals surface area contributed by atoms with Crippen molar-refractivity contribution in [3.05, 3.63) is 48.7 Å². The molecule has 1 aromatic heterocycles. The molecule has 3 heterocycles. The number of pyridine rings is 1. The number of nitrogens with zero attached hydrogens (tertiary/aromatic N) is 3. The molecule has 2 aliphatic heterocycles. The van der Waals surface area contributed by atoms with Gasteiger partial charge in [-0.3, -0.25) is 9.88 Å². The molecule has 3 aromatic rings. The second-order valence-electron chi connectivity index (χ2n) is 13.2. The summed E-state index contributed by atoms with van der Waals surface area (Å²) in [6, 6.07) is 13.5. The number of aromatic nitrogens is 1. The molecule has 0 saturated carbocycles. The van der Waals surface area contributed by atoms with Crippen LogP contribution in [0.5, 0.6) is 23.0 Å². The molecule has 5 rings (SSSR count). The summed E-state index contributed by atoms with van der Waals surface area (Å²) < 4.78 is 18.2. The Morgan fingerprint density at radius 2 is 1.70 bits per heavy atom. The molecule has 0 spiro atoms. The minimum absolute atomic E-state index is 0.173. The zero-order chi connectivity index (χ0) is 30.9. The van der Waals surface area contributed by atoms with Crippen molar-refractivity contribution in [3.8, 4) is 23.0 Å². The largest absolute Gasteiger partial charge is 0.493 e. The van der Waals surface area contributed by atoms with Gasteiger partial charge in [0.2, 0.25) is 0 Å². The average molecular weight is 604 g/mol. The van der Waals surface area contributed by atoms with Crippen LogP contribution >= 0.6 is 0 Å². The van der Waals surface area contributed by atoms with Crippen LogP contribution in [0.25, 0.3) is 10.9 Å². The van der Waals surface area contributed by atoms with Crippen LogP contribution in [0.1, 0.15) is 59.3 Å². The summed E-state index contributed by atoms with van der Waals surface area (Å²) in [5, 5.41) is 6.61. The number of benzene rings is 2. The van der Waals surface area contributed by atoms with E-state index in [9.17, 15) is 4.79 Å². The fraction of sp³-hybridized carbons (Fsp3) is 0.543. The van der Waals surface area contributed by atoms with Gasteiger partial charge in [-0.1, -0.05) is 27.2 Å². The molecule has 2 N–H and O–H groups in total. The maximum Gasteiger partial charge on any atom is 0.319 e. The van der Waals surface area contributed by atoms with Gasteiger partial charge in [-0.25, -0.2) is 4.79 Å². The average Bonchev–Trinajstić information content (AvgIpc) is 3.02. The molecule has 9 heteroatoms. The molecule has 2 fully saturated rings. The van der Waals surface area contributed by atoms with Crippen molar-refractivity contribution < 1.29 is 19.0 Å². The highest BCUT2D eigenvalue weighted by Crippen LogP contribution is 2.37. The van der Waals surface area contributed by atoms with Gasteiger partial charge in [0.25, 0.3) is 0 Å². The number of anilines is 1. The van der Waals surface area contributed by atoms with Crippen LogP contribution in [0, 0.1) is 5.41 Å². The maximum absolute atomic E-state index is 12.2. The maximum atomic E-state index is 12.2. The van der Waals surface area contributed by atoms with E-state index in [1.807, 2.05) is 42.5 Å². The third-order valence-corrected chi connectivity index (χ3v) is 8.62. The van der Waals surface area contributed by atoms with E-state index in [2.05, 4.69) is 46.2 Å². The predicted molar refractivity (Wildman–Crippen MR) is 176 cm³/mol. The Hall–Kier alpha value is -3.56. The van der Waals surface area contributed by atoms with Crippen LogP contribution in [-0.2, 0) is 0 Å². The Morgan fingerprint density at radius 1 is 0.955 bits per heavy atom. The Balaban J connectivity index is 1.14. The van der Waals surface area contributed by atoms with Gasteiger partial charge in [-0.2, -0.15) is 0 Å². The highest BCUT2D eigenvalue weighted by molar-refractivity contribution is 5.89. The van der Waals surface area contributed by atoms with Crippen LogP contribution in [0.4, 0.5) is 10.5 Å². The molecule has 238 valence electrons. The van der Waals surface area contributed by atoms with E-state index in [0.29, 0.717) is 41.8 Å². The summed E-state index contributed by atoms with van der Waals surface area (Å²) in [6.45, 7) is 13.4. The quantitative estimate of drug-likeness (QED) is 0.246. The summed E-state index contributed by atoms with van der Waals surface area (Å²) in [5.74, 6) is 2.65. The van der Waals surface area contributed by atoms with Crippen molar-refractivity contribution in [1.82, 2.24) is 20.1 Å². The zero-order valence-electron chi connectivity index (χ0n) is 26.9. The van der Waals surface area contributed by atoms with Gasteiger partial charge in [-0.15, -0.1) is 0 Å². The molecule has 44 heavy (non-hydrogen) atoms. The highest BCUT2D eigenvalue weighted by Gasteiger charge is 2.25. The summed E-state index contributed by atoms with van der Waals surface area (Å²) in [6.07, 6.45) is 9.24. The predicted octanol–water partition coefficient (Wildman–Crippen LogP) is 6.92. The van der Waals surface area contributed by atoms with Gasteiger partial charge in [0.05, 0.1) is 12.6 Å². The van der Waals surface area contributed by atoms with E-state index in [4.69, 9.17) is 14.2 Å². The fourth-order valence-electron chi connectivity index (χ4n) is 6.03. The second-order valence-corrected chi connectivity index (χ2v) is 13.2. The first kappa shape index (κ1) is 31.9. The van der Waals surface area contributed by atoms with Crippen molar-refractivity contribution in [3.63, 3.8) is 0 Å². The summed E-state index contributed by atoms with van der Waals surface area (Å²) >= 11 is 0. The lowest BCUT2D eigenvalue weighted by Gasteiger charge is -2.40. The number of nitrogens with one attached hydrogen (secondary N) is 2. The van der Waals surface area contributed by atoms with Gasteiger partial charge in [0.15, 0.2) is 11.5 Å². The molecule has 0 radical (unpaired) electrons. The van der Waals surface area contributed by atoms with Crippen molar-refractivity contribution in [2.45, 2.75) is 65.3 Å². The number of rotatable bonds is 11. The topological polar surface area (TPSA) is 88.2 Å². The number of methoxy groups -OCH3 is 1. The monoisotopic (exact) mass is 603 g/mol. The molecule has 2 aliphatic rings. The van der Waals surface area contributed by atoms with Crippen LogP contribution < -0.4 is 24.8 Å². The van der Waals surface area contributed by atoms with Crippen molar-refractivity contribution in [1.29, 1.82) is 0 Å². The minimum Gasteiger partial charge on any atom is -0.493 e. The molecule has 0 aliphatic carbocycles. The van der Waals surface area contributed by atoms with Gasteiger partial charge >= 0.3 is 6.03 Å². The number of piperidine rings is 2. The van der Waals surface area contributed by atoms with E-state index in [-0.39, 0.29) is 11.4 Å². The Kier molecular flexibility index (Phi) is 10.8. The van der Waals surface area contributed by atoms with Gasteiger partial charge < -0.3 is 29.7 Å². The lowest BCUT2D eigenvalue weighted by atomic mass is 9.92.